The van der Waals surface area contributed by atoms with Crippen molar-refractivity contribution in [2.24, 2.45) is 0 Å². The zero-order chi connectivity index (χ0) is 15.7. The molecule has 22 heavy (non-hydrogen) atoms. The summed E-state index contributed by atoms with van der Waals surface area (Å²) in [6.45, 7) is 2.56. The molecule has 0 aliphatic carbocycles. The molecule has 1 aliphatic rings. The van der Waals surface area contributed by atoms with E-state index in [0.717, 1.165) is 5.56 Å². The molecule has 0 fully saturated rings. The predicted octanol–water partition coefficient (Wildman–Crippen LogP) is 2.95. The van der Waals surface area contributed by atoms with E-state index in [1.165, 1.54) is 17.0 Å². The summed E-state index contributed by atoms with van der Waals surface area (Å²) >= 11 is 0. The fraction of sp³-hybridized carbons (Fsp3) is 0.176. The second-order valence-electron chi connectivity index (χ2n) is 4.96. The minimum Gasteiger partial charge on any atom is -0.494 e. The van der Waals surface area contributed by atoms with Gasteiger partial charge in [-0.25, -0.2) is 4.39 Å². The van der Waals surface area contributed by atoms with Crippen LogP contribution in [0.4, 0.5) is 10.1 Å². The van der Waals surface area contributed by atoms with Crippen molar-refractivity contribution in [2.75, 3.05) is 11.5 Å². The van der Waals surface area contributed by atoms with Gasteiger partial charge in [-0.15, -0.1) is 0 Å². The van der Waals surface area contributed by atoms with Crippen LogP contribution in [0.25, 0.3) is 0 Å². The van der Waals surface area contributed by atoms with Crippen LogP contribution >= 0.6 is 0 Å². The van der Waals surface area contributed by atoms with E-state index in [0.29, 0.717) is 23.6 Å². The Morgan fingerprint density at radius 1 is 1.09 bits per heavy atom. The topological polar surface area (TPSA) is 46.6 Å². The third kappa shape index (κ3) is 2.45. The van der Waals surface area contributed by atoms with Crippen molar-refractivity contribution >= 4 is 17.4 Å². The van der Waals surface area contributed by atoms with Gasteiger partial charge >= 0.3 is 0 Å². The Hall–Kier alpha value is -2.69. The normalized spacial score (nSPS) is 13.5. The fourth-order valence-electron chi connectivity index (χ4n) is 2.47. The van der Waals surface area contributed by atoms with Crippen LogP contribution in [0.1, 0.15) is 22.8 Å². The first kappa shape index (κ1) is 14.3. The Bertz CT molecular complexity index is 740. The minimum atomic E-state index is -0.576. The Labute approximate surface area is 127 Å². The number of benzene rings is 2. The van der Waals surface area contributed by atoms with Crippen molar-refractivity contribution in [3.8, 4) is 5.75 Å². The highest BCUT2D eigenvalue weighted by Gasteiger charge is 2.36. The van der Waals surface area contributed by atoms with Gasteiger partial charge in [-0.3, -0.25) is 9.59 Å². The van der Waals surface area contributed by atoms with E-state index in [1.807, 2.05) is 6.92 Å². The molecule has 5 heteroatoms. The van der Waals surface area contributed by atoms with Crippen molar-refractivity contribution in [1.82, 2.24) is 0 Å². The molecule has 0 saturated heterocycles. The number of Topliss-reactive ketones (excluding diaryl/α,β-unsaturated/α-hetero) is 1. The molecule has 0 unspecified atom stereocenters. The van der Waals surface area contributed by atoms with Gasteiger partial charge in [0.25, 0.3) is 11.7 Å². The first-order valence-electron chi connectivity index (χ1n) is 6.97. The van der Waals surface area contributed by atoms with E-state index in [2.05, 4.69) is 0 Å². The van der Waals surface area contributed by atoms with Crippen LogP contribution in [0, 0.1) is 5.82 Å². The van der Waals surface area contributed by atoms with E-state index < -0.39 is 11.7 Å². The van der Waals surface area contributed by atoms with Gasteiger partial charge in [-0.05, 0) is 42.8 Å². The number of ether oxygens (including phenoxy) is 1. The molecule has 0 bridgehead atoms. The highest BCUT2D eigenvalue weighted by atomic mass is 19.1. The van der Waals surface area contributed by atoms with Gasteiger partial charge in [0.15, 0.2) is 0 Å². The van der Waals surface area contributed by atoms with Gasteiger partial charge in [-0.2, -0.15) is 0 Å². The summed E-state index contributed by atoms with van der Waals surface area (Å²) in [5.74, 6) is -0.896. The average Bonchev–Trinajstić information content (AvgIpc) is 2.75. The lowest BCUT2D eigenvalue weighted by molar-refractivity contribution is -0.114. The summed E-state index contributed by atoms with van der Waals surface area (Å²) in [5.41, 5.74) is 1.66. The average molecular weight is 299 g/mol. The molecule has 0 spiro atoms. The number of carbonyl (C=O) groups excluding carboxylic acids is 2. The number of halogens is 1. The molecular formula is C17H14FNO3. The maximum absolute atomic E-state index is 12.9. The lowest BCUT2D eigenvalue weighted by Gasteiger charge is -2.16. The summed E-state index contributed by atoms with van der Waals surface area (Å²) in [7, 11) is 0. The van der Waals surface area contributed by atoms with Gasteiger partial charge in [0.1, 0.15) is 11.6 Å². The SMILES string of the molecule is CCOc1ccc2c(c1)C(=O)C(=O)N2Cc1ccc(F)cc1. The van der Waals surface area contributed by atoms with Crippen LogP contribution in [-0.4, -0.2) is 18.3 Å². The molecule has 2 aromatic rings. The summed E-state index contributed by atoms with van der Waals surface area (Å²) in [5, 5.41) is 0. The van der Waals surface area contributed by atoms with Gasteiger partial charge < -0.3 is 9.64 Å². The fourth-order valence-corrected chi connectivity index (χ4v) is 2.47. The molecule has 0 aromatic heterocycles. The van der Waals surface area contributed by atoms with E-state index in [-0.39, 0.29) is 12.4 Å². The molecule has 3 rings (SSSR count). The lowest BCUT2D eigenvalue weighted by atomic mass is 10.1. The van der Waals surface area contributed by atoms with Crippen LogP contribution in [-0.2, 0) is 11.3 Å². The van der Waals surface area contributed by atoms with Crippen molar-refractivity contribution < 1.29 is 18.7 Å². The highest BCUT2D eigenvalue weighted by Crippen LogP contribution is 2.33. The van der Waals surface area contributed by atoms with Crippen molar-refractivity contribution in [3.05, 3.63) is 59.4 Å². The number of hydrogen-bond acceptors (Lipinski definition) is 3. The van der Waals surface area contributed by atoms with E-state index in [1.54, 1.807) is 30.3 Å². The summed E-state index contributed by atoms with van der Waals surface area (Å²) in [6.07, 6.45) is 0. The summed E-state index contributed by atoms with van der Waals surface area (Å²) in [4.78, 5) is 25.7. The number of hydrogen-bond donors (Lipinski definition) is 0. The maximum Gasteiger partial charge on any atom is 0.299 e. The largest absolute Gasteiger partial charge is 0.494 e. The monoisotopic (exact) mass is 299 g/mol. The zero-order valence-corrected chi connectivity index (χ0v) is 12.0. The van der Waals surface area contributed by atoms with Crippen LogP contribution in [0.3, 0.4) is 0 Å². The third-order valence-corrected chi connectivity index (χ3v) is 3.51. The van der Waals surface area contributed by atoms with Gasteiger partial charge in [-0.1, -0.05) is 12.1 Å². The molecule has 1 heterocycles. The number of fused-ring (bicyclic) bond motifs is 1. The van der Waals surface area contributed by atoms with Crippen molar-refractivity contribution in [1.29, 1.82) is 0 Å². The molecule has 0 saturated carbocycles. The standard InChI is InChI=1S/C17H14FNO3/c1-2-22-13-7-8-15-14(9-13)16(20)17(21)19(15)10-11-3-5-12(18)6-4-11/h3-9H,2,10H2,1H3. The van der Waals surface area contributed by atoms with E-state index in [9.17, 15) is 14.0 Å². The van der Waals surface area contributed by atoms with Crippen LogP contribution in [0.15, 0.2) is 42.5 Å². The highest BCUT2D eigenvalue weighted by molar-refractivity contribution is 6.52. The molecule has 0 radical (unpaired) electrons. The molecule has 0 N–H and O–H groups in total. The number of anilines is 1. The number of nitrogens with zero attached hydrogens (tertiary/aromatic N) is 1. The predicted molar refractivity (Wildman–Crippen MR) is 79.5 cm³/mol. The van der Waals surface area contributed by atoms with Gasteiger partial charge in [0, 0.05) is 0 Å². The third-order valence-electron chi connectivity index (χ3n) is 3.51. The molecule has 2 aromatic carbocycles. The maximum atomic E-state index is 12.9. The van der Waals surface area contributed by atoms with Crippen molar-refractivity contribution in [2.45, 2.75) is 13.5 Å². The Morgan fingerprint density at radius 3 is 2.50 bits per heavy atom. The number of ketones is 1. The van der Waals surface area contributed by atoms with Gasteiger partial charge in [0.2, 0.25) is 0 Å². The molecular weight excluding hydrogens is 285 g/mol. The Morgan fingerprint density at radius 2 is 1.82 bits per heavy atom. The number of rotatable bonds is 4. The first-order chi connectivity index (χ1) is 10.6. The van der Waals surface area contributed by atoms with Crippen LogP contribution < -0.4 is 9.64 Å². The summed E-state index contributed by atoms with van der Waals surface area (Å²) < 4.78 is 18.3. The molecule has 1 amide bonds. The van der Waals surface area contributed by atoms with Crippen LogP contribution in [0.5, 0.6) is 5.75 Å². The Balaban J connectivity index is 1.92. The van der Waals surface area contributed by atoms with Crippen LogP contribution in [0.2, 0.25) is 0 Å². The first-order valence-corrected chi connectivity index (χ1v) is 6.97. The molecule has 4 nitrogen and oxygen atoms in total. The molecule has 0 atom stereocenters. The van der Waals surface area contributed by atoms with E-state index >= 15 is 0 Å². The summed E-state index contributed by atoms with van der Waals surface area (Å²) in [6, 6.07) is 10.9. The van der Waals surface area contributed by atoms with E-state index in [4.69, 9.17) is 4.74 Å². The van der Waals surface area contributed by atoms with Crippen molar-refractivity contribution in [3.63, 3.8) is 0 Å². The lowest BCUT2D eigenvalue weighted by Crippen LogP contribution is -2.29. The minimum absolute atomic E-state index is 0.228. The smallest absolute Gasteiger partial charge is 0.299 e. The molecule has 112 valence electrons. The number of amides is 1. The second-order valence-corrected chi connectivity index (χ2v) is 4.96. The molecule has 1 aliphatic heterocycles. The number of carbonyl (C=O) groups is 2. The zero-order valence-electron chi connectivity index (χ0n) is 12.0. The quantitative estimate of drug-likeness (QED) is 0.815. The van der Waals surface area contributed by atoms with Gasteiger partial charge in [0.05, 0.1) is 24.4 Å². The Kier molecular flexibility index (Phi) is 3.63. The second kappa shape index (κ2) is 5.60.